The summed E-state index contributed by atoms with van der Waals surface area (Å²) in [6.07, 6.45) is -1.07. The summed E-state index contributed by atoms with van der Waals surface area (Å²) < 4.78 is 34.8. The lowest BCUT2D eigenvalue weighted by Gasteiger charge is -2.35. The summed E-state index contributed by atoms with van der Waals surface area (Å²) in [6.45, 7) is 2.22. The fourth-order valence-electron chi connectivity index (χ4n) is 3.54. The molecule has 0 saturated heterocycles. The van der Waals surface area contributed by atoms with E-state index in [0.29, 0.717) is 6.42 Å². The highest BCUT2D eigenvalue weighted by molar-refractivity contribution is 5.86. The van der Waals surface area contributed by atoms with Crippen LogP contribution in [0, 0.1) is 5.82 Å². The number of hydrogen-bond donors (Lipinski definition) is 1. The van der Waals surface area contributed by atoms with Crippen LogP contribution in [0.5, 0.6) is 0 Å². The number of nitrogens with one attached hydrogen (secondary N) is 1. The molecule has 9 heteroatoms. The summed E-state index contributed by atoms with van der Waals surface area (Å²) in [4.78, 5) is 27.1. The van der Waals surface area contributed by atoms with Crippen molar-refractivity contribution in [3.05, 3.63) is 71.5 Å². The van der Waals surface area contributed by atoms with Crippen LogP contribution in [0.1, 0.15) is 18.1 Å². The van der Waals surface area contributed by atoms with Crippen molar-refractivity contribution < 1.29 is 32.9 Å². The number of ether oxygens (including phenoxy) is 4. The Balaban J connectivity index is 2.20. The molecule has 34 heavy (non-hydrogen) atoms. The molecule has 0 fully saturated rings. The molecule has 2 aromatic carbocycles. The van der Waals surface area contributed by atoms with Crippen molar-refractivity contribution in [3.8, 4) is 0 Å². The maximum atomic E-state index is 13.6. The Morgan fingerprint density at radius 1 is 1.00 bits per heavy atom. The third-order valence-corrected chi connectivity index (χ3v) is 5.34. The number of rotatable bonds is 13. The molecule has 0 aliphatic heterocycles. The van der Waals surface area contributed by atoms with Crippen LogP contribution in [0.4, 0.5) is 9.18 Å². The molecule has 186 valence electrons. The third kappa shape index (κ3) is 8.40. The molecule has 0 aromatic heterocycles. The van der Waals surface area contributed by atoms with E-state index in [2.05, 4.69) is 5.32 Å². The molecule has 0 aliphatic carbocycles. The van der Waals surface area contributed by atoms with Crippen molar-refractivity contribution in [2.24, 2.45) is 0 Å². The minimum absolute atomic E-state index is 0.0728. The highest BCUT2D eigenvalue weighted by Gasteiger charge is 2.33. The second-order valence-corrected chi connectivity index (χ2v) is 7.68. The summed E-state index contributed by atoms with van der Waals surface area (Å²) in [5.74, 6) is -0.754. The molecule has 2 atom stereocenters. The van der Waals surface area contributed by atoms with Crippen LogP contribution >= 0.6 is 0 Å². The molecule has 8 nitrogen and oxygen atoms in total. The van der Waals surface area contributed by atoms with Crippen molar-refractivity contribution in [2.45, 2.75) is 38.3 Å². The van der Waals surface area contributed by atoms with Gasteiger partial charge < -0.3 is 29.2 Å². The number of alkyl carbamates (subject to hydrolysis) is 1. The first-order valence-electron chi connectivity index (χ1n) is 11.0. The van der Waals surface area contributed by atoms with Crippen molar-refractivity contribution >= 4 is 12.0 Å². The van der Waals surface area contributed by atoms with Gasteiger partial charge in [-0.15, -0.1) is 0 Å². The van der Waals surface area contributed by atoms with E-state index in [0.717, 1.165) is 11.1 Å². The van der Waals surface area contributed by atoms with E-state index < -0.39 is 30.4 Å². The van der Waals surface area contributed by atoms with Crippen molar-refractivity contribution in [2.75, 3.05) is 34.5 Å². The topological polar surface area (TPSA) is 86.3 Å². The zero-order valence-electron chi connectivity index (χ0n) is 20.0. The highest BCUT2D eigenvalue weighted by Crippen LogP contribution is 2.14. The normalized spacial score (nSPS) is 12.8. The Morgan fingerprint density at radius 3 is 2.29 bits per heavy atom. The van der Waals surface area contributed by atoms with Gasteiger partial charge in [0.05, 0.1) is 26.4 Å². The molecular weight excluding hydrogens is 443 g/mol. The number of hydrogen-bond acceptors (Lipinski definition) is 6. The number of nitrogens with zero attached hydrogens (tertiary/aromatic N) is 1. The first-order chi connectivity index (χ1) is 16.4. The summed E-state index contributed by atoms with van der Waals surface area (Å²) >= 11 is 0. The average molecular weight is 477 g/mol. The molecule has 0 unspecified atom stereocenters. The monoisotopic (exact) mass is 476 g/mol. The molecule has 1 N–H and O–H groups in total. The van der Waals surface area contributed by atoms with Crippen LogP contribution < -0.4 is 5.32 Å². The summed E-state index contributed by atoms with van der Waals surface area (Å²) in [5.41, 5.74) is 1.66. The van der Waals surface area contributed by atoms with Gasteiger partial charge in [-0.3, -0.25) is 4.79 Å². The largest absolute Gasteiger partial charge is 0.453 e. The van der Waals surface area contributed by atoms with Gasteiger partial charge in [-0.05, 0) is 36.6 Å². The highest BCUT2D eigenvalue weighted by atomic mass is 19.1. The van der Waals surface area contributed by atoms with Crippen LogP contribution in [0.25, 0.3) is 0 Å². The maximum absolute atomic E-state index is 13.6. The zero-order valence-corrected chi connectivity index (χ0v) is 20.0. The maximum Gasteiger partial charge on any atom is 0.407 e. The van der Waals surface area contributed by atoms with Crippen LogP contribution in [0.15, 0.2) is 54.6 Å². The van der Waals surface area contributed by atoms with E-state index in [9.17, 15) is 14.0 Å². The van der Waals surface area contributed by atoms with Crippen LogP contribution in [-0.2, 0) is 36.8 Å². The number of halogens is 1. The molecule has 2 aromatic rings. The molecule has 0 spiro atoms. The van der Waals surface area contributed by atoms with E-state index >= 15 is 0 Å². The molecule has 0 bridgehead atoms. The van der Waals surface area contributed by atoms with E-state index in [1.54, 1.807) is 19.1 Å². The molecule has 2 amide bonds. The van der Waals surface area contributed by atoms with E-state index in [4.69, 9.17) is 18.9 Å². The van der Waals surface area contributed by atoms with Gasteiger partial charge in [-0.1, -0.05) is 42.5 Å². The van der Waals surface area contributed by atoms with Crippen molar-refractivity contribution in [1.29, 1.82) is 0 Å². The smallest absolute Gasteiger partial charge is 0.407 e. The Hall–Kier alpha value is -3.01. The van der Waals surface area contributed by atoms with Gasteiger partial charge >= 0.3 is 6.09 Å². The second-order valence-electron chi connectivity index (χ2n) is 7.68. The lowest BCUT2D eigenvalue weighted by molar-refractivity contribution is -0.162. The van der Waals surface area contributed by atoms with Crippen LogP contribution in [0.3, 0.4) is 0 Å². The van der Waals surface area contributed by atoms with Gasteiger partial charge in [0.25, 0.3) is 0 Å². The first-order valence-corrected chi connectivity index (χ1v) is 11.0. The number of carbonyl (C=O) groups excluding carboxylic acids is 2. The number of benzene rings is 2. The lowest BCUT2D eigenvalue weighted by Crippen LogP contribution is -2.56. The average Bonchev–Trinajstić information content (AvgIpc) is 2.84. The fourth-order valence-corrected chi connectivity index (χ4v) is 3.54. The van der Waals surface area contributed by atoms with E-state index in [-0.39, 0.29) is 25.6 Å². The van der Waals surface area contributed by atoms with Crippen molar-refractivity contribution in [3.63, 3.8) is 0 Å². The summed E-state index contributed by atoms with van der Waals surface area (Å²) in [7, 11) is 4.18. The molecular formula is C25H33FN2O6. The van der Waals surface area contributed by atoms with Crippen molar-refractivity contribution in [1.82, 2.24) is 10.2 Å². The molecule has 0 heterocycles. The van der Waals surface area contributed by atoms with Gasteiger partial charge in [0.1, 0.15) is 11.9 Å². The molecule has 0 radical (unpaired) electrons. The SMILES string of the molecule is COC(=O)N[C@@H](COCc1ccccc1)C(=O)N(CCc1cccc(F)c1)[C@@H](C)C(OC)OC. The number of carbonyl (C=O) groups is 2. The second kappa shape index (κ2) is 14.3. The quantitative estimate of drug-likeness (QED) is 0.447. The van der Waals surface area contributed by atoms with Crippen LogP contribution in [0.2, 0.25) is 0 Å². The zero-order chi connectivity index (χ0) is 24.9. The third-order valence-electron chi connectivity index (χ3n) is 5.34. The minimum Gasteiger partial charge on any atom is -0.453 e. The van der Waals surface area contributed by atoms with Gasteiger partial charge in [0, 0.05) is 20.8 Å². The van der Waals surface area contributed by atoms with Gasteiger partial charge in [-0.2, -0.15) is 0 Å². The lowest BCUT2D eigenvalue weighted by atomic mass is 10.1. The Kier molecular flexibility index (Phi) is 11.5. The number of methoxy groups -OCH3 is 3. The molecule has 0 saturated carbocycles. The summed E-state index contributed by atoms with van der Waals surface area (Å²) in [6, 6.07) is 14.1. The van der Waals surface area contributed by atoms with E-state index in [1.165, 1.54) is 38.4 Å². The number of amides is 2. The molecule has 0 aliphatic rings. The first kappa shape index (κ1) is 27.2. The Labute approximate surface area is 199 Å². The summed E-state index contributed by atoms with van der Waals surface area (Å²) in [5, 5.41) is 2.55. The van der Waals surface area contributed by atoms with Gasteiger partial charge in [0.15, 0.2) is 6.29 Å². The van der Waals surface area contributed by atoms with Gasteiger partial charge in [-0.25, -0.2) is 9.18 Å². The van der Waals surface area contributed by atoms with Gasteiger partial charge in [0.2, 0.25) is 5.91 Å². The predicted octanol–water partition coefficient (Wildman–Crippen LogP) is 3.15. The van der Waals surface area contributed by atoms with Crippen LogP contribution in [-0.4, -0.2) is 69.8 Å². The fraction of sp³-hybridized carbons (Fsp3) is 0.440. The predicted molar refractivity (Wildman–Crippen MR) is 125 cm³/mol. The minimum atomic E-state index is -1.01. The van der Waals surface area contributed by atoms with E-state index in [1.807, 2.05) is 30.3 Å². The standard InChI is InChI=1S/C25H33FN2O6/c1-18(24(31-2)32-3)28(14-13-19-11-8-12-21(26)15-19)23(29)22(27-25(30)33-4)17-34-16-20-9-6-5-7-10-20/h5-12,15,18,22,24H,13-14,16-17H2,1-4H3,(H,27,30)/t18-,22-/m0/s1. The Morgan fingerprint density at radius 2 is 1.68 bits per heavy atom. The Bertz CT molecular complexity index is 894. The molecule has 2 rings (SSSR count).